The molecule has 2 rings (SSSR count). The number of rotatable bonds is 13. The molecule has 0 radical (unpaired) electrons. The van der Waals surface area contributed by atoms with Gasteiger partial charge in [-0.3, -0.25) is 4.79 Å². The first-order valence-electron chi connectivity index (χ1n) is 11.3. The molecule has 0 aliphatic heterocycles. The zero-order valence-electron chi connectivity index (χ0n) is 19.1. The molecular formula is C26H30Cl2N2O3. The van der Waals surface area contributed by atoms with Gasteiger partial charge >= 0.3 is 0 Å². The van der Waals surface area contributed by atoms with Crippen LogP contribution >= 0.6 is 23.2 Å². The first-order valence-corrected chi connectivity index (χ1v) is 12.0. The van der Waals surface area contributed by atoms with E-state index in [0.29, 0.717) is 46.0 Å². The Balaban J connectivity index is 2.00. The lowest BCUT2D eigenvalue weighted by molar-refractivity contribution is -0.112. The van der Waals surface area contributed by atoms with Crippen LogP contribution in [0.5, 0.6) is 11.5 Å². The molecule has 0 aliphatic rings. The van der Waals surface area contributed by atoms with Gasteiger partial charge in [-0.25, -0.2) is 0 Å². The maximum absolute atomic E-state index is 12.5. The van der Waals surface area contributed by atoms with Crippen LogP contribution in [-0.4, -0.2) is 19.1 Å². The van der Waals surface area contributed by atoms with Crippen LogP contribution in [0, 0.1) is 11.3 Å². The maximum Gasteiger partial charge on any atom is 0.266 e. The molecule has 0 spiro atoms. The molecule has 0 aromatic heterocycles. The Morgan fingerprint density at radius 2 is 1.64 bits per heavy atom. The lowest BCUT2D eigenvalue weighted by atomic mass is 10.1. The third-order valence-electron chi connectivity index (χ3n) is 4.86. The standard InChI is InChI=1S/C26H30Cl2N2O3/c1-3-5-6-7-8-9-14-33-25-23(27)16-19(17-24(25)28)15-20(18-29)26(31)30-21-10-12-22(13-11-21)32-4-2/h10-13,15-17H,3-9,14H2,1-2H3,(H,30,31)/b20-15+. The summed E-state index contributed by atoms with van der Waals surface area (Å²) in [6.07, 6.45) is 8.40. The zero-order chi connectivity index (χ0) is 24.1. The van der Waals surface area contributed by atoms with Gasteiger partial charge in [0.25, 0.3) is 5.91 Å². The highest BCUT2D eigenvalue weighted by Gasteiger charge is 2.13. The van der Waals surface area contributed by atoms with Gasteiger partial charge in [0, 0.05) is 5.69 Å². The van der Waals surface area contributed by atoms with E-state index in [1.165, 1.54) is 31.8 Å². The molecule has 2 aromatic rings. The van der Waals surface area contributed by atoms with Crippen LogP contribution in [0.4, 0.5) is 5.69 Å². The van der Waals surface area contributed by atoms with Gasteiger partial charge in [-0.05, 0) is 61.4 Å². The van der Waals surface area contributed by atoms with Crippen molar-refractivity contribution in [3.05, 3.63) is 57.6 Å². The van der Waals surface area contributed by atoms with E-state index in [-0.39, 0.29) is 5.57 Å². The Hall–Kier alpha value is -2.68. The fraction of sp³-hybridized carbons (Fsp3) is 0.385. The van der Waals surface area contributed by atoms with Crippen molar-refractivity contribution in [3.63, 3.8) is 0 Å². The second kappa shape index (κ2) is 14.5. The quantitative estimate of drug-likeness (QED) is 0.178. The summed E-state index contributed by atoms with van der Waals surface area (Å²) in [6.45, 7) is 5.18. The number of hydrogen-bond donors (Lipinski definition) is 1. The number of anilines is 1. The van der Waals surface area contributed by atoms with E-state index >= 15 is 0 Å². The fourth-order valence-electron chi connectivity index (χ4n) is 3.17. The normalized spacial score (nSPS) is 11.1. The number of carbonyl (C=O) groups is 1. The van der Waals surface area contributed by atoms with E-state index in [1.54, 1.807) is 36.4 Å². The monoisotopic (exact) mass is 488 g/mol. The van der Waals surface area contributed by atoms with E-state index < -0.39 is 5.91 Å². The Labute approximate surface area is 206 Å². The van der Waals surface area contributed by atoms with Gasteiger partial charge in [0.15, 0.2) is 5.75 Å². The summed E-state index contributed by atoms with van der Waals surface area (Å²) in [5.41, 5.74) is 1.02. The summed E-state index contributed by atoms with van der Waals surface area (Å²) in [7, 11) is 0. The van der Waals surface area contributed by atoms with Crippen molar-refractivity contribution in [2.45, 2.75) is 52.4 Å². The number of amides is 1. The number of benzene rings is 2. The SMILES string of the molecule is CCCCCCCCOc1c(Cl)cc(/C=C(\C#N)C(=O)Nc2ccc(OCC)cc2)cc1Cl. The van der Waals surface area contributed by atoms with Crippen LogP contribution < -0.4 is 14.8 Å². The van der Waals surface area contributed by atoms with E-state index in [2.05, 4.69) is 12.2 Å². The molecule has 0 bridgehead atoms. The van der Waals surface area contributed by atoms with Crippen LogP contribution in [0.25, 0.3) is 6.08 Å². The Kier molecular flexibility index (Phi) is 11.6. The van der Waals surface area contributed by atoms with Crippen LogP contribution in [0.3, 0.4) is 0 Å². The summed E-state index contributed by atoms with van der Waals surface area (Å²) >= 11 is 12.7. The van der Waals surface area contributed by atoms with Gasteiger partial charge in [-0.15, -0.1) is 0 Å². The smallest absolute Gasteiger partial charge is 0.266 e. The predicted molar refractivity (Wildman–Crippen MR) is 135 cm³/mol. The van der Waals surface area contributed by atoms with Crippen LogP contribution in [0.2, 0.25) is 10.0 Å². The minimum atomic E-state index is -0.530. The van der Waals surface area contributed by atoms with Gasteiger partial charge in [-0.2, -0.15) is 5.26 Å². The zero-order valence-corrected chi connectivity index (χ0v) is 20.6. The topological polar surface area (TPSA) is 71.3 Å². The highest BCUT2D eigenvalue weighted by molar-refractivity contribution is 6.37. The summed E-state index contributed by atoms with van der Waals surface area (Å²) in [5.74, 6) is 0.591. The summed E-state index contributed by atoms with van der Waals surface area (Å²) < 4.78 is 11.2. The van der Waals surface area contributed by atoms with E-state index in [0.717, 1.165) is 12.8 Å². The lowest BCUT2D eigenvalue weighted by Crippen LogP contribution is -2.13. The Morgan fingerprint density at radius 1 is 1.00 bits per heavy atom. The number of ether oxygens (including phenoxy) is 2. The van der Waals surface area contributed by atoms with Crippen LogP contribution in [0.1, 0.15) is 57.9 Å². The molecule has 1 amide bonds. The first kappa shape index (κ1) is 26.6. The fourth-order valence-corrected chi connectivity index (χ4v) is 3.79. The van der Waals surface area contributed by atoms with Gasteiger partial charge in [0.2, 0.25) is 0 Å². The number of unbranched alkanes of at least 4 members (excludes halogenated alkanes) is 5. The van der Waals surface area contributed by atoms with Crippen molar-refractivity contribution in [1.82, 2.24) is 0 Å². The number of nitriles is 1. The second-order valence-corrected chi connectivity index (χ2v) is 8.33. The highest BCUT2D eigenvalue weighted by atomic mass is 35.5. The van der Waals surface area contributed by atoms with E-state index in [9.17, 15) is 10.1 Å². The molecule has 0 saturated heterocycles. The molecule has 2 aromatic carbocycles. The molecule has 176 valence electrons. The molecule has 0 heterocycles. The third kappa shape index (κ3) is 9.00. The molecule has 0 atom stereocenters. The average molecular weight is 489 g/mol. The molecule has 0 fully saturated rings. The van der Waals surface area contributed by atoms with Crippen molar-refractivity contribution in [3.8, 4) is 17.6 Å². The Bertz CT molecular complexity index is 959. The number of carbonyl (C=O) groups excluding carboxylic acids is 1. The highest BCUT2D eigenvalue weighted by Crippen LogP contribution is 2.35. The second-order valence-electron chi connectivity index (χ2n) is 7.51. The third-order valence-corrected chi connectivity index (χ3v) is 5.43. The summed E-state index contributed by atoms with van der Waals surface area (Å²) in [6, 6.07) is 12.1. The molecule has 33 heavy (non-hydrogen) atoms. The van der Waals surface area contributed by atoms with Crippen molar-refractivity contribution < 1.29 is 14.3 Å². The minimum Gasteiger partial charge on any atom is -0.494 e. The van der Waals surface area contributed by atoms with Gasteiger partial charge in [0.1, 0.15) is 17.4 Å². The van der Waals surface area contributed by atoms with Crippen molar-refractivity contribution in [2.24, 2.45) is 0 Å². The van der Waals surface area contributed by atoms with Crippen molar-refractivity contribution in [1.29, 1.82) is 5.26 Å². The molecule has 0 unspecified atom stereocenters. The van der Waals surface area contributed by atoms with Gasteiger partial charge in [-0.1, -0.05) is 62.2 Å². The largest absolute Gasteiger partial charge is 0.494 e. The predicted octanol–water partition coefficient (Wildman–Crippen LogP) is 7.68. The maximum atomic E-state index is 12.5. The number of nitrogens with zero attached hydrogens (tertiary/aromatic N) is 1. The summed E-state index contributed by atoms with van der Waals surface area (Å²) in [5, 5.41) is 12.8. The molecule has 1 N–H and O–H groups in total. The number of halogens is 2. The summed E-state index contributed by atoms with van der Waals surface area (Å²) in [4.78, 5) is 12.5. The molecule has 0 saturated carbocycles. The van der Waals surface area contributed by atoms with Gasteiger partial charge < -0.3 is 14.8 Å². The average Bonchev–Trinajstić information content (AvgIpc) is 2.79. The van der Waals surface area contributed by atoms with E-state index in [1.807, 2.05) is 13.0 Å². The van der Waals surface area contributed by atoms with Gasteiger partial charge in [0.05, 0.1) is 23.3 Å². The Morgan fingerprint density at radius 3 is 2.24 bits per heavy atom. The van der Waals surface area contributed by atoms with Crippen molar-refractivity contribution >= 4 is 40.9 Å². The molecular weight excluding hydrogens is 459 g/mol. The molecule has 7 heteroatoms. The molecule has 0 aliphatic carbocycles. The lowest BCUT2D eigenvalue weighted by Gasteiger charge is -2.11. The van der Waals surface area contributed by atoms with E-state index in [4.69, 9.17) is 32.7 Å². The molecule has 5 nitrogen and oxygen atoms in total. The van der Waals surface area contributed by atoms with Crippen molar-refractivity contribution in [2.75, 3.05) is 18.5 Å². The van der Waals surface area contributed by atoms with Crippen LogP contribution in [-0.2, 0) is 4.79 Å². The first-order chi connectivity index (χ1) is 16.0. The number of hydrogen-bond acceptors (Lipinski definition) is 4. The number of nitrogens with one attached hydrogen (secondary N) is 1. The van der Waals surface area contributed by atoms with Crippen LogP contribution in [0.15, 0.2) is 42.0 Å². The minimum absolute atomic E-state index is 0.0724.